The Hall–Kier alpha value is -1.84. The fourth-order valence-corrected chi connectivity index (χ4v) is 6.11. The van der Waals surface area contributed by atoms with Crippen LogP contribution in [-0.2, 0) is 9.53 Å². The number of unbranched alkanes of at least 4 members (excludes halogenated alkanes) is 1. The third-order valence-corrected chi connectivity index (χ3v) is 7.89. The first-order chi connectivity index (χ1) is 12.4. The zero-order valence-corrected chi connectivity index (χ0v) is 16.1. The van der Waals surface area contributed by atoms with Gasteiger partial charge in [0, 0.05) is 17.5 Å². The lowest BCUT2D eigenvalue weighted by atomic mass is 9.65. The van der Waals surface area contributed by atoms with E-state index in [2.05, 4.69) is 20.8 Å². The number of benzene rings is 1. The van der Waals surface area contributed by atoms with E-state index in [-0.39, 0.29) is 22.7 Å². The summed E-state index contributed by atoms with van der Waals surface area (Å²) in [6, 6.07) is 9.35. The quantitative estimate of drug-likeness (QED) is 0.591. The minimum atomic E-state index is -0.800. The number of likely N-dealkylation sites (tertiary alicyclic amines) is 1. The maximum atomic E-state index is 13.4. The topological polar surface area (TPSA) is 46.6 Å². The fraction of sp³-hybridized carbons (Fsp3) is 0.636. The van der Waals surface area contributed by atoms with Crippen LogP contribution in [0, 0.1) is 16.7 Å². The van der Waals surface area contributed by atoms with Gasteiger partial charge >= 0.3 is 5.97 Å². The zero-order valence-electron chi connectivity index (χ0n) is 16.1. The molecule has 1 heterocycles. The number of piperidine rings is 1. The second kappa shape index (κ2) is 5.83. The van der Waals surface area contributed by atoms with E-state index in [0.29, 0.717) is 24.6 Å². The van der Waals surface area contributed by atoms with E-state index < -0.39 is 5.54 Å². The van der Waals surface area contributed by atoms with Gasteiger partial charge in [-0.1, -0.05) is 45.4 Å². The van der Waals surface area contributed by atoms with Gasteiger partial charge in [-0.2, -0.15) is 0 Å². The van der Waals surface area contributed by atoms with Gasteiger partial charge < -0.3 is 9.64 Å². The molecule has 3 aliphatic rings. The molecule has 26 heavy (non-hydrogen) atoms. The van der Waals surface area contributed by atoms with Crippen molar-refractivity contribution in [3.8, 4) is 0 Å². The average molecular weight is 355 g/mol. The summed E-state index contributed by atoms with van der Waals surface area (Å²) in [7, 11) is 0. The Labute approximate surface area is 155 Å². The molecule has 4 unspecified atom stereocenters. The highest BCUT2D eigenvalue weighted by Gasteiger charge is 2.81. The van der Waals surface area contributed by atoms with Crippen LogP contribution in [0.1, 0.15) is 63.2 Å². The molecule has 4 nitrogen and oxygen atoms in total. The van der Waals surface area contributed by atoms with Crippen LogP contribution in [0.25, 0.3) is 0 Å². The second-order valence-electron chi connectivity index (χ2n) is 8.80. The Bertz CT molecular complexity index is 732. The summed E-state index contributed by atoms with van der Waals surface area (Å²) in [6.45, 7) is 7.69. The van der Waals surface area contributed by atoms with Crippen molar-refractivity contribution in [1.82, 2.24) is 4.90 Å². The van der Waals surface area contributed by atoms with Crippen molar-refractivity contribution < 1.29 is 14.3 Å². The molecule has 1 aliphatic heterocycles. The number of esters is 1. The van der Waals surface area contributed by atoms with Gasteiger partial charge in [0.25, 0.3) is 5.91 Å². The van der Waals surface area contributed by atoms with E-state index in [1.165, 1.54) is 0 Å². The highest BCUT2D eigenvalue weighted by molar-refractivity contribution is 6.00. The van der Waals surface area contributed by atoms with Crippen LogP contribution >= 0.6 is 0 Å². The van der Waals surface area contributed by atoms with Crippen LogP contribution in [-0.4, -0.2) is 35.5 Å². The molecule has 1 aromatic carbocycles. The lowest BCUT2D eigenvalue weighted by Crippen LogP contribution is -2.61. The molecule has 1 saturated heterocycles. The molecule has 1 aromatic rings. The summed E-state index contributed by atoms with van der Waals surface area (Å²) in [5.74, 6) is 0.294. The number of nitrogens with zero attached hydrogens (tertiary/aromatic N) is 1. The van der Waals surface area contributed by atoms with Crippen molar-refractivity contribution in [2.45, 2.75) is 58.4 Å². The van der Waals surface area contributed by atoms with E-state index in [1.54, 1.807) is 0 Å². The molecular formula is C22H29NO3. The Kier molecular flexibility index (Phi) is 3.94. The summed E-state index contributed by atoms with van der Waals surface area (Å²) in [5.41, 5.74) is -0.339. The summed E-state index contributed by atoms with van der Waals surface area (Å²) >= 11 is 0. The molecule has 4 atom stereocenters. The number of amides is 1. The van der Waals surface area contributed by atoms with Crippen LogP contribution in [0.3, 0.4) is 0 Å². The summed E-state index contributed by atoms with van der Waals surface area (Å²) in [4.78, 5) is 28.6. The second-order valence-corrected chi connectivity index (χ2v) is 8.80. The Morgan fingerprint density at radius 3 is 2.62 bits per heavy atom. The third-order valence-electron chi connectivity index (χ3n) is 7.89. The van der Waals surface area contributed by atoms with Gasteiger partial charge in [0.05, 0.1) is 6.61 Å². The molecule has 4 rings (SSSR count). The van der Waals surface area contributed by atoms with E-state index in [0.717, 1.165) is 32.1 Å². The smallest absolute Gasteiger partial charge is 0.332 e. The Morgan fingerprint density at radius 2 is 1.96 bits per heavy atom. The predicted octanol–water partition coefficient (Wildman–Crippen LogP) is 4.05. The molecule has 0 radical (unpaired) electrons. The summed E-state index contributed by atoms with van der Waals surface area (Å²) in [5, 5.41) is 0. The first-order valence-electron chi connectivity index (χ1n) is 9.95. The largest absolute Gasteiger partial charge is 0.464 e. The number of hydrogen-bond acceptors (Lipinski definition) is 3. The normalized spacial score (nSPS) is 37.2. The Morgan fingerprint density at radius 1 is 1.23 bits per heavy atom. The molecule has 0 spiro atoms. The van der Waals surface area contributed by atoms with Crippen molar-refractivity contribution in [3.05, 3.63) is 35.9 Å². The lowest BCUT2D eigenvalue weighted by molar-refractivity contribution is -0.162. The first kappa shape index (κ1) is 17.6. The maximum Gasteiger partial charge on any atom is 0.332 e. The number of carbonyl (C=O) groups excluding carboxylic acids is 2. The maximum absolute atomic E-state index is 13.4. The molecule has 4 bridgehead atoms. The zero-order chi connectivity index (χ0) is 18.6. The van der Waals surface area contributed by atoms with E-state index in [9.17, 15) is 9.59 Å². The SMILES string of the molecule is CCCCOC(=O)C12CC3CCC1(C)C3(C)CN2C(=O)c1ccccc1. The van der Waals surface area contributed by atoms with Gasteiger partial charge in [0.1, 0.15) is 5.54 Å². The predicted molar refractivity (Wildman–Crippen MR) is 99.6 cm³/mol. The number of hydrogen-bond donors (Lipinski definition) is 0. The molecule has 140 valence electrons. The molecule has 0 aromatic heterocycles. The molecule has 0 N–H and O–H groups in total. The fourth-order valence-electron chi connectivity index (χ4n) is 6.11. The molecule has 1 amide bonds. The van der Waals surface area contributed by atoms with Gasteiger partial charge in [-0.3, -0.25) is 4.79 Å². The van der Waals surface area contributed by atoms with Gasteiger partial charge in [-0.05, 0) is 49.1 Å². The standard InChI is InChI=1S/C22H29NO3/c1-4-5-13-26-19(25)22-14-17-11-12-21(22,3)20(17,2)15-23(22)18(24)16-9-7-6-8-10-16/h6-10,17H,4-5,11-15H2,1-3H3. The first-order valence-corrected chi connectivity index (χ1v) is 9.95. The van der Waals surface area contributed by atoms with Gasteiger partial charge in [-0.25, -0.2) is 4.79 Å². The van der Waals surface area contributed by atoms with Crippen molar-refractivity contribution in [2.75, 3.05) is 13.2 Å². The van der Waals surface area contributed by atoms with Crippen LogP contribution in [0.2, 0.25) is 0 Å². The summed E-state index contributed by atoms with van der Waals surface area (Å²) in [6.07, 6.45) is 4.76. The molecule has 2 saturated carbocycles. The van der Waals surface area contributed by atoms with Crippen LogP contribution in [0.15, 0.2) is 30.3 Å². The number of carbonyl (C=O) groups is 2. The van der Waals surface area contributed by atoms with E-state index in [4.69, 9.17) is 4.74 Å². The lowest BCUT2D eigenvalue weighted by Gasteiger charge is -2.46. The highest BCUT2D eigenvalue weighted by Crippen LogP contribution is 2.76. The van der Waals surface area contributed by atoms with E-state index in [1.807, 2.05) is 35.2 Å². The van der Waals surface area contributed by atoms with E-state index >= 15 is 0 Å². The van der Waals surface area contributed by atoms with Crippen LogP contribution in [0.5, 0.6) is 0 Å². The van der Waals surface area contributed by atoms with Gasteiger partial charge in [-0.15, -0.1) is 0 Å². The Balaban J connectivity index is 1.73. The van der Waals surface area contributed by atoms with Crippen molar-refractivity contribution in [3.63, 3.8) is 0 Å². The van der Waals surface area contributed by atoms with Crippen molar-refractivity contribution in [2.24, 2.45) is 16.7 Å². The summed E-state index contributed by atoms with van der Waals surface area (Å²) < 4.78 is 5.73. The minimum absolute atomic E-state index is 0.00121. The average Bonchev–Trinajstić information content (AvgIpc) is 3.11. The van der Waals surface area contributed by atoms with Crippen LogP contribution < -0.4 is 0 Å². The monoisotopic (exact) mass is 355 g/mol. The van der Waals surface area contributed by atoms with Gasteiger partial charge in [0.2, 0.25) is 0 Å². The third kappa shape index (κ3) is 1.96. The molecular weight excluding hydrogens is 326 g/mol. The minimum Gasteiger partial charge on any atom is -0.464 e. The van der Waals surface area contributed by atoms with Crippen LogP contribution in [0.4, 0.5) is 0 Å². The van der Waals surface area contributed by atoms with Crippen molar-refractivity contribution >= 4 is 11.9 Å². The van der Waals surface area contributed by atoms with Gasteiger partial charge in [0.15, 0.2) is 0 Å². The number of ether oxygens (including phenoxy) is 1. The molecule has 3 fully saturated rings. The molecule has 2 aliphatic carbocycles. The highest BCUT2D eigenvalue weighted by atomic mass is 16.5. The molecule has 4 heteroatoms. The number of rotatable bonds is 5. The van der Waals surface area contributed by atoms with Crippen molar-refractivity contribution in [1.29, 1.82) is 0 Å².